The molecule has 0 bridgehead atoms. The van der Waals surface area contributed by atoms with Gasteiger partial charge in [-0.05, 0) is 32.6 Å². The largest absolute Gasteiger partial charge is 0.466 e. The van der Waals surface area contributed by atoms with Gasteiger partial charge in [-0.1, -0.05) is 19.9 Å². The Morgan fingerprint density at radius 1 is 1.31 bits per heavy atom. The van der Waals surface area contributed by atoms with Gasteiger partial charge in [0, 0.05) is 18.2 Å². The highest BCUT2D eigenvalue weighted by Crippen LogP contribution is 2.06. The number of esters is 1. The zero-order chi connectivity index (χ0) is 12.6. The van der Waals surface area contributed by atoms with Gasteiger partial charge in [-0.3, -0.25) is 0 Å². The first-order valence-corrected chi connectivity index (χ1v) is 5.95. The van der Waals surface area contributed by atoms with E-state index in [1.807, 2.05) is 6.08 Å². The van der Waals surface area contributed by atoms with Gasteiger partial charge in [0.1, 0.15) is 0 Å². The molecule has 0 radical (unpaired) electrons. The molecule has 1 atom stereocenters. The Bertz CT molecular complexity index is 234. The molecule has 0 aromatic rings. The normalized spacial score (nSPS) is 14.0. The number of rotatable bonds is 7. The lowest BCUT2D eigenvalue weighted by molar-refractivity contribution is -0.136. The van der Waals surface area contributed by atoms with Gasteiger partial charge >= 0.3 is 5.97 Å². The SMILES string of the molecule is COC(=O)C(C)=CCNC(C)CCC(C)C. The van der Waals surface area contributed by atoms with Crippen molar-refractivity contribution in [2.75, 3.05) is 13.7 Å². The van der Waals surface area contributed by atoms with Crippen LogP contribution in [-0.4, -0.2) is 25.7 Å². The minimum Gasteiger partial charge on any atom is -0.466 e. The Hall–Kier alpha value is -0.830. The van der Waals surface area contributed by atoms with E-state index in [0.717, 1.165) is 12.5 Å². The predicted molar refractivity (Wildman–Crippen MR) is 67.3 cm³/mol. The molecule has 16 heavy (non-hydrogen) atoms. The van der Waals surface area contributed by atoms with E-state index in [9.17, 15) is 4.79 Å². The number of carbonyl (C=O) groups is 1. The van der Waals surface area contributed by atoms with Crippen LogP contribution >= 0.6 is 0 Å². The van der Waals surface area contributed by atoms with E-state index in [0.29, 0.717) is 11.6 Å². The second kappa shape index (κ2) is 8.34. The standard InChI is InChI=1S/C13H25NO2/c1-10(2)6-7-12(4)14-9-8-11(3)13(15)16-5/h8,10,12,14H,6-7,9H2,1-5H3. The molecule has 0 heterocycles. The van der Waals surface area contributed by atoms with Crippen LogP contribution in [0.3, 0.4) is 0 Å². The van der Waals surface area contributed by atoms with Crippen molar-refractivity contribution in [1.82, 2.24) is 5.32 Å². The maximum absolute atomic E-state index is 11.1. The summed E-state index contributed by atoms with van der Waals surface area (Å²) in [6.45, 7) is 9.12. The molecular weight excluding hydrogens is 202 g/mol. The van der Waals surface area contributed by atoms with Crippen LogP contribution in [0.4, 0.5) is 0 Å². The summed E-state index contributed by atoms with van der Waals surface area (Å²) in [4.78, 5) is 11.1. The molecule has 0 aliphatic heterocycles. The molecule has 94 valence electrons. The first-order chi connectivity index (χ1) is 7.47. The van der Waals surface area contributed by atoms with Crippen LogP contribution in [0.2, 0.25) is 0 Å². The summed E-state index contributed by atoms with van der Waals surface area (Å²) in [6, 6.07) is 0.490. The molecule has 0 aromatic heterocycles. The van der Waals surface area contributed by atoms with Gasteiger partial charge in [0.25, 0.3) is 0 Å². The Balaban J connectivity index is 3.76. The van der Waals surface area contributed by atoms with E-state index in [1.54, 1.807) is 6.92 Å². The third-order valence-electron chi connectivity index (χ3n) is 2.56. The molecule has 0 rings (SSSR count). The van der Waals surface area contributed by atoms with E-state index in [4.69, 9.17) is 0 Å². The minimum absolute atomic E-state index is 0.253. The molecule has 1 N–H and O–H groups in total. The molecular formula is C13H25NO2. The van der Waals surface area contributed by atoms with Crippen LogP contribution in [0.25, 0.3) is 0 Å². The van der Waals surface area contributed by atoms with E-state index in [-0.39, 0.29) is 5.97 Å². The fraction of sp³-hybridized carbons (Fsp3) is 0.769. The first-order valence-electron chi connectivity index (χ1n) is 5.95. The van der Waals surface area contributed by atoms with Crippen molar-refractivity contribution in [2.45, 2.75) is 46.6 Å². The zero-order valence-corrected chi connectivity index (χ0v) is 11.2. The fourth-order valence-electron chi connectivity index (χ4n) is 1.34. The molecule has 0 aliphatic carbocycles. The Kier molecular flexibility index (Phi) is 7.90. The second-order valence-electron chi connectivity index (χ2n) is 4.66. The molecule has 3 heteroatoms. The zero-order valence-electron chi connectivity index (χ0n) is 11.2. The highest BCUT2D eigenvalue weighted by Gasteiger charge is 2.04. The van der Waals surface area contributed by atoms with Crippen molar-refractivity contribution in [2.24, 2.45) is 5.92 Å². The van der Waals surface area contributed by atoms with Gasteiger partial charge in [-0.15, -0.1) is 0 Å². The van der Waals surface area contributed by atoms with Gasteiger partial charge < -0.3 is 10.1 Å². The average Bonchev–Trinajstić information content (AvgIpc) is 2.24. The quantitative estimate of drug-likeness (QED) is 0.536. The van der Waals surface area contributed by atoms with Gasteiger partial charge in [0.05, 0.1) is 7.11 Å². The Labute approximate surface area is 99.3 Å². The first kappa shape index (κ1) is 15.2. The van der Waals surface area contributed by atoms with Crippen LogP contribution in [-0.2, 0) is 9.53 Å². The van der Waals surface area contributed by atoms with Crippen LogP contribution in [0.5, 0.6) is 0 Å². The van der Waals surface area contributed by atoms with E-state index < -0.39 is 0 Å². The second-order valence-corrected chi connectivity index (χ2v) is 4.66. The van der Waals surface area contributed by atoms with Gasteiger partial charge in [0.15, 0.2) is 0 Å². The molecule has 0 fully saturated rings. The molecule has 0 amide bonds. The monoisotopic (exact) mass is 227 g/mol. The molecule has 0 spiro atoms. The van der Waals surface area contributed by atoms with Crippen molar-refractivity contribution in [3.63, 3.8) is 0 Å². The van der Waals surface area contributed by atoms with Crippen LogP contribution in [0.15, 0.2) is 11.6 Å². The molecule has 0 aromatic carbocycles. The number of carbonyl (C=O) groups excluding carboxylic acids is 1. The van der Waals surface area contributed by atoms with Crippen LogP contribution in [0, 0.1) is 5.92 Å². The van der Waals surface area contributed by atoms with E-state index >= 15 is 0 Å². The van der Waals surface area contributed by atoms with Crippen LogP contribution < -0.4 is 5.32 Å². The predicted octanol–water partition coefficient (Wildman–Crippen LogP) is 2.52. The number of hydrogen-bond donors (Lipinski definition) is 1. The summed E-state index contributed by atoms with van der Waals surface area (Å²) < 4.78 is 4.61. The highest BCUT2D eigenvalue weighted by atomic mass is 16.5. The Morgan fingerprint density at radius 3 is 2.44 bits per heavy atom. The summed E-state index contributed by atoms with van der Waals surface area (Å²) >= 11 is 0. The minimum atomic E-state index is -0.253. The van der Waals surface area contributed by atoms with Crippen molar-refractivity contribution >= 4 is 5.97 Å². The third-order valence-corrected chi connectivity index (χ3v) is 2.56. The summed E-state index contributed by atoms with van der Waals surface area (Å²) in [5.74, 6) is 0.494. The summed E-state index contributed by atoms with van der Waals surface area (Å²) in [7, 11) is 1.40. The number of hydrogen-bond acceptors (Lipinski definition) is 3. The lowest BCUT2D eigenvalue weighted by Crippen LogP contribution is -2.26. The van der Waals surface area contributed by atoms with Gasteiger partial charge in [-0.25, -0.2) is 4.79 Å². The molecule has 1 unspecified atom stereocenters. The van der Waals surface area contributed by atoms with Crippen LogP contribution in [0.1, 0.15) is 40.5 Å². The molecule has 0 aliphatic rings. The highest BCUT2D eigenvalue weighted by molar-refractivity contribution is 5.87. The molecule has 0 saturated carbocycles. The Morgan fingerprint density at radius 2 is 1.94 bits per heavy atom. The van der Waals surface area contributed by atoms with Crippen molar-refractivity contribution in [3.8, 4) is 0 Å². The number of nitrogens with one attached hydrogen (secondary N) is 1. The summed E-state index contributed by atoms with van der Waals surface area (Å²) in [5.41, 5.74) is 0.658. The summed E-state index contributed by atoms with van der Waals surface area (Å²) in [5, 5.41) is 3.36. The maximum Gasteiger partial charge on any atom is 0.333 e. The third kappa shape index (κ3) is 7.46. The van der Waals surface area contributed by atoms with Gasteiger partial charge in [-0.2, -0.15) is 0 Å². The lowest BCUT2D eigenvalue weighted by atomic mass is 10.0. The smallest absolute Gasteiger partial charge is 0.333 e. The topological polar surface area (TPSA) is 38.3 Å². The molecule has 0 saturated heterocycles. The average molecular weight is 227 g/mol. The summed E-state index contributed by atoms with van der Waals surface area (Å²) in [6.07, 6.45) is 4.27. The maximum atomic E-state index is 11.1. The van der Waals surface area contributed by atoms with Crippen molar-refractivity contribution < 1.29 is 9.53 Å². The fourth-order valence-corrected chi connectivity index (χ4v) is 1.34. The van der Waals surface area contributed by atoms with Gasteiger partial charge in [0.2, 0.25) is 0 Å². The number of methoxy groups -OCH3 is 1. The number of ether oxygens (including phenoxy) is 1. The lowest BCUT2D eigenvalue weighted by Gasteiger charge is -2.13. The molecule has 3 nitrogen and oxygen atoms in total. The van der Waals surface area contributed by atoms with Crippen molar-refractivity contribution in [3.05, 3.63) is 11.6 Å². The van der Waals surface area contributed by atoms with E-state index in [2.05, 4.69) is 30.8 Å². The van der Waals surface area contributed by atoms with E-state index in [1.165, 1.54) is 20.0 Å². The van der Waals surface area contributed by atoms with Crippen molar-refractivity contribution in [1.29, 1.82) is 0 Å².